The number of hydrogen-bond acceptors (Lipinski definition) is 7. The fourth-order valence-electron chi connectivity index (χ4n) is 3.90. The lowest BCUT2D eigenvalue weighted by Gasteiger charge is -2.12. The average Bonchev–Trinajstić information content (AvgIpc) is 3.32. The Balaban J connectivity index is 2.03. The molecule has 0 unspecified atom stereocenters. The first-order chi connectivity index (χ1) is 14.7. The number of aromatic nitrogens is 3. The Morgan fingerprint density at radius 1 is 1.19 bits per heavy atom. The van der Waals surface area contributed by atoms with Crippen LogP contribution < -0.4 is 4.74 Å². The predicted octanol–water partition coefficient (Wildman–Crippen LogP) is 3.38. The molecule has 2 aromatic heterocycles. The normalized spacial score (nSPS) is 17.9. The predicted molar refractivity (Wildman–Crippen MR) is 117 cm³/mol. The van der Waals surface area contributed by atoms with Gasteiger partial charge in [0.15, 0.2) is 15.5 Å². The zero-order valence-electron chi connectivity index (χ0n) is 18.0. The van der Waals surface area contributed by atoms with Gasteiger partial charge in [-0.25, -0.2) is 22.9 Å². The maximum Gasteiger partial charge on any atom is 0.338 e. The molecule has 1 atom stereocenters. The van der Waals surface area contributed by atoms with Gasteiger partial charge < -0.3 is 9.47 Å². The highest BCUT2D eigenvalue weighted by Crippen LogP contribution is 2.36. The van der Waals surface area contributed by atoms with Crippen molar-refractivity contribution in [3.63, 3.8) is 0 Å². The maximum absolute atomic E-state index is 12.7. The standard InChI is InChI=1S/C22H25N3O5S/c1-13(2)18-11-17(22(26)30-4)19-20(14-5-7-16(29-3)8-6-14)24-25(21(19)23-18)15-9-10-31(27,28)12-15/h5-8,11,13,15H,9-10,12H2,1-4H3/t15-/m0/s1. The molecule has 8 nitrogen and oxygen atoms in total. The van der Waals surface area contributed by atoms with Crippen LogP contribution in [0.25, 0.3) is 22.3 Å². The molecular weight excluding hydrogens is 418 g/mol. The highest BCUT2D eigenvalue weighted by molar-refractivity contribution is 7.91. The zero-order chi connectivity index (χ0) is 22.3. The summed E-state index contributed by atoms with van der Waals surface area (Å²) in [4.78, 5) is 17.5. The number of rotatable bonds is 5. The maximum atomic E-state index is 12.7. The Morgan fingerprint density at radius 2 is 1.90 bits per heavy atom. The van der Waals surface area contributed by atoms with Crippen LogP contribution in [0, 0.1) is 0 Å². The summed E-state index contributed by atoms with van der Waals surface area (Å²) in [5, 5.41) is 5.34. The first kappa shape index (κ1) is 21.3. The number of carbonyl (C=O) groups excluding carboxylic acids is 1. The molecule has 0 bridgehead atoms. The largest absolute Gasteiger partial charge is 0.497 e. The van der Waals surface area contributed by atoms with E-state index in [-0.39, 0.29) is 23.5 Å². The third-order valence-electron chi connectivity index (χ3n) is 5.60. The van der Waals surface area contributed by atoms with Gasteiger partial charge in [0.1, 0.15) is 11.4 Å². The number of ether oxygens (including phenoxy) is 2. The van der Waals surface area contributed by atoms with Crippen molar-refractivity contribution in [1.82, 2.24) is 14.8 Å². The van der Waals surface area contributed by atoms with Crippen molar-refractivity contribution >= 4 is 26.8 Å². The Labute approximate surface area is 181 Å². The molecule has 0 aliphatic carbocycles. The summed E-state index contributed by atoms with van der Waals surface area (Å²) in [6.07, 6.45) is 0.461. The summed E-state index contributed by atoms with van der Waals surface area (Å²) < 4.78 is 36.3. The minimum absolute atomic E-state index is 0.00692. The number of hydrogen-bond donors (Lipinski definition) is 0. The molecule has 3 heterocycles. The second-order valence-electron chi connectivity index (χ2n) is 8.02. The van der Waals surface area contributed by atoms with E-state index in [2.05, 4.69) is 0 Å². The molecule has 9 heteroatoms. The molecule has 0 radical (unpaired) electrons. The SMILES string of the molecule is COC(=O)c1cc(C(C)C)nc2c1c(-c1ccc(OC)cc1)nn2[C@H]1CCS(=O)(=O)C1. The van der Waals surface area contributed by atoms with Crippen LogP contribution in [-0.2, 0) is 14.6 Å². The van der Waals surface area contributed by atoms with Crippen LogP contribution in [0.2, 0.25) is 0 Å². The lowest BCUT2D eigenvalue weighted by atomic mass is 10.0. The van der Waals surface area contributed by atoms with E-state index in [0.717, 1.165) is 11.3 Å². The monoisotopic (exact) mass is 443 g/mol. The third kappa shape index (κ3) is 3.89. The van der Waals surface area contributed by atoms with Gasteiger partial charge in [-0.3, -0.25) is 0 Å². The molecule has 31 heavy (non-hydrogen) atoms. The minimum atomic E-state index is -3.13. The molecule has 1 fully saturated rings. The summed E-state index contributed by atoms with van der Waals surface area (Å²) in [6, 6.07) is 8.74. The number of esters is 1. The van der Waals surface area contributed by atoms with Gasteiger partial charge in [-0.05, 0) is 42.7 Å². The second-order valence-corrected chi connectivity index (χ2v) is 10.2. The van der Waals surface area contributed by atoms with Gasteiger partial charge in [0, 0.05) is 11.3 Å². The van der Waals surface area contributed by atoms with Crippen LogP contribution in [0.1, 0.15) is 48.3 Å². The quantitative estimate of drug-likeness (QED) is 0.557. The molecule has 4 rings (SSSR count). The summed E-state index contributed by atoms with van der Waals surface area (Å²) in [5.41, 5.74) is 2.92. The topological polar surface area (TPSA) is 100 Å². The van der Waals surface area contributed by atoms with Crippen molar-refractivity contribution in [3.8, 4) is 17.0 Å². The van der Waals surface area contributed by atoms with Crippen LogP contribution in [0.4, 0.5) is 0 Å². The van der Waals surface area contributed by atoms with Gasteiger partial charge in [0.2, 0.25) is 0 Å². The van der Waals surface area contributed by atoms with Gasteiger partial charge in [0.25, 0.3) is 0 Å². The Bertz CT molecular complexity index is 1250. The zero-order valence-corrected chi connectivity index (χ0v) is 18.8. The Morgan fingerprint density at radius 3 is 2.45 bits per heavy atom. The lowest BCUT2D eigenvalue weighted by Crippen LogP contribution is -2.14. The molecule has 3 aromatic rings. The number of nitrogens with zero attached hydrogens (tertiary/aromatic N) is 3. The molecule has 0 N–H and O–H groups in total. The number of carbonyl (C=O) groups is 1. The average molecular weight is 444 g/mol. The Hall–Kier alpha value is -2.94. The highest BCUT2D eigenvalue weighted by Gasteiger charge is 2.33. The third-order valence-corrected chi connectivity index (χ3v) is 7.35. The van der Waals surface area contributed by atoms with Crippen molar-refractivity contribution in [3.05, 3.63) is 41.6 Å². The molecular formula is C22H25N3O5S. The van der Waals surface area contributed by atoms with Crippen molar-refractivity contribution in [2.75, 3.05) is 25.7 Å². The van der Waals surface area contributed by atoms with Gasteiger partial charge in [-0.2, -0.15) is 5.10 Å². The summed E-state index contributed by atoms with van der Waals surface area (Å²) in [7, 11) is -0.203. The van der Waals surface area contributed by atoms with Crippen LogP contribution >= 0.6 is 0 Å². The van der Waals surface area contributed by atoms with E-state index >= 15 is 0 Å². The smallest absolute Gasteiger partial charge is 0.338 e. The fraction of sp³-hybridized carbons (Fsp3) is 0.409. The van der Waals surface area contributed by atoms with E-state index in [1.165, 1.54) is 7.11 Å². The van der Waals surface area contributed by atoms with Gasteiger partial charge in [-0.1, -0.05) is 13.8 Å². The first-order valence-electron chi connectivity index (χ1n) is 10.1. The van der Waals surface area contributed by atoms with Crippen molar-refractivity contribution in [2.45, 2.75) is 32.2 Å². The molecule has 1 aliphatic rings. The van der Waals surface area contributed by atoms with E-state index in [1.807, 2.05) is 38.1 Å². The second kappa shape index (κ2) is 7.96. The molecule has 1 saturated heterocycles. The van der Waals surface area contributed by atoms with Crippen LogP contribution in [0.3, 0.4) is 0 Å². The van der Waals surface area contributed by atoms with Gasteiger partial charge >= 0.3 is 5.97 Å². The molecule has 164 valence electrons. The molecule has 0 amide bonds. The van der Waals surface area contributed by atoms with E-state index in [1.54, 1.807) is 17.9 Å². The van der Waals surface area contributed by atoms with E-state index in [4.69, 9.17) is 19.6 Å². The summed E-state index contributed by atoms with van der Waals surface area (Å²) in [5.74, 6) is 0.399. The van der Waals surface area contributed by atoms with E-state index < -0.39 is 15.8 Å². The molecule has 0 spiro atoms. The van der Waals surface area contributed by atoms with Crippen molar-refractivity contribution in [1.29, 1.82) is 0 Å². The first-order valence-corrected chi connectivity index (χ1v) is 11.9. The van der Waals surface area contributed by atoms with Crippen LogP contribution in [0.15, 0.2) is 30.3 Å². The minimum Gasteiger partial charge on any atom is -0.497 e. The molecule has 1 aliphatic heterocycles. The number of fused-ring (bicyclic) bond motifs is 1. The van der Waals surface area contributed by atoms with Gasteiger partial charge in [0.05, 0.1) is 42.7 Å². The Kier molecular flexibility index (Phi) is 5.47. The number of pyridine rings is 1. The lowest BCUT2D eigenvalue weighted by molar-refractivity contribution is 0.0602. The number of sulfone groups is 1. The highest BCUT2D eigenvalue weighted by atomic mass is 32.2. The number of benzene rings is 1. The molecule has 1 aromatic carbocycles. The summed E-state index contributed by atoms with van der Waals surface area (Å²) in [6.45, 7) is 3.97. The van der Waals surface area contributed by atoms with Crippen molar-refractivity contribution < 1.29 is 22.7 Å². The van der Waals surface area contributed by atoms with E-state index in [0.29, 0.717) is 34.5 Å². The van der Waals surface area contributed by atoms with Crippen LogP contribution in [-0.4, -0.2) is 54.9 Å². The van der Waals surface area contributed by atoms with Crippen LogP contribution in [0.5, 0.6) is 5.75 Å². The van der Waals surface area contributed by atoms with Crippen molar-refractivity contribution in [2.24, 2.45) is 0 Å². The fourth-order valence-corrected chi connectivity index (χ4v) is 5.59. The number of methoxy groups -OCH3 is 2. The van der Waals surface area contributed by atoms with Gasteiger partial charge in [-0.15, -0.1) is 0 Å². The molecule has 0 saturated carbocycles. The van der Waals surface area contributed by atoms with E-state index in [9.17, 15) is 13.2 Å². The summed E-state index contributed by atoms with van der Waals surface area (Å²) >= 11 is 0.